The van der Waals surface area contributed by atoms with Gasteiger partial charge in [0.15, 0.2) is 16.6 Å². The maximum Gasteiger partial charge on any atom is 0.174 e. The average Bonchev–Trinajstić information content (AvgIpc) is 2.88. The van der Waals surface area contributed by atoms with Crippen LogP contribution in [0, 0.1) is 13.8 Å². The predicted molar refractivity (Wildman–Crippen MR) is 151 cm³/mol. The smallest absolute Gasteiger partial charge is 0.174 e. The third-order valence-electron chi connectivity index (χ3n) is 6.85. The van der Waals surface area contributed by atoms with E-state index in [0.29, 0.717) is 23.4 Å². The van der Waals surface area contributed by atoms with Crippen LogP contribution < -0.4 is 19.5 Å². The van der Waals surface area contributed by atoms with Crippen molar-refractivity contribution in [1.29, 1.82) is 0 Å². The molecule has 0 saturated heterocycles. The zero-order chi connectivity index (χ0) is 25.8. The Morgan fingerprint density at radius 2 is 1.69 bits per heavy atom. The largest absolute Gasteiger partial charge is 0.493 e. The van der Waals surface area contributed by atoms with Crippen molar-refractivity contribution in [2.24, 2.45) is 0 Å². The molecule has 1 atom stereocenters. The van der Waals surface area contributed by atoms with Crippen molar-refractivity contribution >= 4 is 23.0 Å². The molecule has 0 spiro atoms. The summed E-state index contributed by atoms with van der Waals surface area (Å²) in [6.45, 7) is 9.80. The van der Waals surface area contributed by atoms with Gasteiger partial charge in [0.25, 0.3) is 0 Å². The van der Waals surface area contributed by atoms with Gasteiger partial charge in [-0.05, 0) is 96.6 Å². The minimum Gasteiger partial charge on any atom is -0.493 e. The van der Waals surface area contributed by atoms with Crippen molar-refractivity contribution in [3.05, 3.63) is 82.4 Å². The van der Waals surface area contributed by atoms with Gasteiger partial charge in [-0.25, -0.2) is 0 Å². The number of rotatable bonds is 7. The first-order chi connectivity index (χ1) is 17.3. The highest BCUT2D eigenvalue weighted by Crippen LogP contribution is 2.39. The van der Waals surface area contributed by atoms with Gasteiger partial charge in [0.2, 0.25) is 0 Å². The molecule has 0 saturated carbocycles. The van der Waals surface area contributed by atoms with Crippen LogP contribution in [0.2, 0.25) is 0 Å². The SMILES string of the molecule is COc1cc2c(cc1OC)C(COc1ccc(C(C)C)cc1)N(C(=S)Nc1cc(C)ccc1C)CC2. The summed E-state index contributed by atoms with van der Waals surface area (Å²) in [4.78, 5) is 2.23. The fraction of sp³-hybridized carbons (Fsp3) is 0.367. The van der Waals surface area contributed by atoms with Crippen molar-refractivity contribution in [3.8, 4) is 17.2 Å². The van der Waals surface area contributed by atoms with Crippen LogP contribution in [-0.4, -0.2) is 37.4 Å². The molecule has 4 rings (SSSR count). The third kappa shape index (κ3) is 5.59. The van der Waals surface area contributed by atoms with E-state index in [1.165, 1.54) is 16.7 Å². The molecule has 6 heteroatoms. The molecular weight excluding hydrogens is 468 g/mol. The molecule has 1 aliphatic rings. The second kappa shape index (κ2) is 11.2. The predicted octanol–water partition coefficient (Wildman–Crippen LogP) is 6.82. The first-order valence-corrected chi connectivity index (χ1v) is 12.8. The van der Waals surface area contributed by atoms with Crippen molar-refractivity contribution in [2.75, 3.05) is 32.7 Å². The van der Waals surface area contributed by atoms with E-state index >= 15 is 0 Å². The Morgan fingerprint density at radius 3 is 2.36 bits per heavy atom. The number of ether oxygens (including phenoxy) is 3. The number of benzene rings is 3. The summed E-state index contributed by atoms with van der Waals surface area (Å²) in [7, 11) is 3.34. The Morgan fingerprint density at radius 1 is 1.00 bits per heavy atom. The molecule has 1 heterocycles. The molecular formula is C30H36N2O3S. The monoisotopic (exact) mass is 504 g/mol. The molecule has 3 aromatic carbocycles. The van der Waals surface area contributed by atoms with Gasteiger partial charge in [0, 0.05) is 12.2 Å². The lowest BCUT2D eigenvalue weighted by Gasteiger charge is -2.39. The normalized spacial score (nSPS) is 14.9. The van der Waals surface area contributed by atoms with Crippen molar-refractivity contribution < 1.29 is 14.2 Å². The third-order valence-corrected chi connectivity index (χ3v) is 7.19. The van der Waals surface area contributed by atoms with Crippen LogP contribution in [0.1, 0.15) is 53.6 Å². The minimum atomic E-state index is -0.0801. The molecule has 0 aliphatic carbocycles. The average molecular weight is 505 g/mol. The Hall–Kier alpha value is -3.25. The summed E-state index contributed by atoms with van der Waals surface area (Å²) >= 11 is 5.95. The van der Waals surface area contributed by atoms with E-state index < -0.39 is 0 Å². The van der Waals surface area contributed by atoms with Crippen molar-refractivity contribution in [2.45, 2.75) is 46.1 Å². The highest BCUT2D eigenvalue weighted by Gasteiger charge is 2.31. The van der Waals surface area contributed by atoms with E-state index in [1.807, 2.05) is 12.1 Å². The molecule has 190 valence electrons. The summed E-state index contributed by atoms with van der Waals surface area (Å²) in [5.74, 6) is 2.78. The van der Waals surface area contributed by atoms with Crippen LogP contribution in [0.3, 0.4) is 0 Å². The van der Waals surface area contributed by atoms with Gasteiger partial charge in [-0.2, -0.15) is 0 Å². The van der Waals surface area contributed by atoms with Gasteiger partial charge in [-0.3, -0.25) is 0 Å². The number of hydrogen-bond acceptors (Lipinski definition) is 4. The molecule has 0 radical (unpaired) electrons. The summed E-state index contributed by atoms with van der Waals surface area (Å²) in [6.07, 6.45) is 0.851. The fourth-order valence-electron chi connectivity index (χ4n) is 4.63. The van der Waals surface area contributed by atoms with Crippen LogP contribution in [0.4, 0.5) is 5.69 Å². The van der Waals surface area contributed by atoms with E-state index in [1.54, 1.807) is 14.2 Å². The zero-order valence-corrected chi connectivity index (χ0v) is 22.9. The number of hydrogen-bond donors (Lipinski definition) is 1. The molecule has 3 aromatic rings. The first-order valence-electron chi connectivity index (χ1n) is 12.4. The molecule has 1 aliphatic heterocycles. The zero-order valence-electron chi connectivity index (χ0n) is 22.1. The van der Waals surface area contributed by atoms with Gasteiger partial charge in [0.05, 0.1) is 20.3 Å². The molecule has 1 unspecified atom stereocenters. The summed E-state index contributed by atoms with van der Waals surface area (Å²) < 4.78 is 17.5. The van der Waals surface area contributed by atoms with Crippen molar-refractivity contribution in [1.82, 2.24) is 4.90 Å². The second-order valence-electron chi connectivity index (χ2n) is 9.65. The van der Waals surface area contributed by atoms with Crippen LogP contribution in [0.5, 0.6) is 17.2 Å². The molecule has 36 heavy (non-hydrogen) atoms. The van der Waals surface area contributed by atoms with Crippen LogP contribution in [-0.2, 0) is 6.42 Å². The second-order valence-corrected chi connectivity index (χ2v) is 10.0. The molecule has 1 N–H and O–H groups in total. The summed E-state index contributed by atoms with van der Waals surface area (Å²) in [5, 5.41) is 4.18. The number of nitrogens with zero attached hydrogens (tertiary/aromatic N) is 1. The lowest BCUT2D eigenvalue weighted by Crippen LogP contribution is -2.44. The van der Waals surface area contributed by atoms with Crippen LogP contribution in [0.25, 0.3) is 0 Å². The van der Waals surface area contributed by atoms with Crippen LogP contribution >= 0.6 is 12.2 Å². The number of anilines is 1. The number of nitrogens with one attached hydrogen (secondary N) is 1. The van der Waals surface area contributed by atoms with E-state index in [2.05, 4.69) is 80.4 Å². The maximum absolute atomic E-state index is 6.34. The summed E-state index contributed by atoms with van der Waals surface area (Å²) in [6, 6.07) is 18.8. The molecule has 5 nitrogen and oxygen atoms in total. The van der Waals surface area contributed by atoms with Gasteiger partial charge in [0.1, 0.15) is 12.4 Å². The van der Waals surface area contributed by atoms with Gasteiger partial charge >= 0.3 is 0 Å². The van der Waals surface area contributed by atoms with E-state index in [0.717, 1.165) is 41.3 Å². The van der Waals surface area contributed by atoms with Gasteiger partial charge < -0.3 is 24.4 Å². The van der Waals surface area contributed by atoms with E-state index in [4.69, 9.17) is 26.4 Å². The fourth-order valence-corrected chi connectivity index (χ4v) is 4.96. The van der Waals surface area contributed by atoms with E-state index in [-0.39, 0.29) is 6.04 Å². The van der Waals surface area contributed by atoms with Gasteiger partial charge in [-0.15, -0.1) is 0 Å². The number of methoxy groups -OCH3 is 2. The molecule has 0 bridgehead atoms. The van der Waals surface area contributed by atoms with Crippen LogP contribution in [0.15, 0.2) is 54.6 Å². The number of fused-ring (bicyclic) bond motifs is 1. The molecule has 0 amide bonds. The van der Waals surface area contributed by atoms with E-state index in [9.17, 15) is 0 Å². The lowest BCUT2D eigenvalue weighted by atomic mass is 9.92. The number of aryl methyl sites for hydroxylation is 2. The summed E-state index contributed by atoms with van der Waals surface area (Å²) in [5.41, 5.74) is 7.04. The highest BCUT2D eigenvalue weighted by molar-refractivity contribution is 7.80. The Kier molecular flexibility index (Phi) is 8.04. The first kappa shape index (κ1) is 25.8. The standard InChI is InChI=1S/C30H36N2O3S/c1-19(2)22-9-11-24(12-10-22)35-18-27-25-17-29(34-6)28(33-5)16-23(25)13-14-32(27)30(36)31-26-15-20(3)7-8-21(26)4/h7-12,15-17,19,27H,13-14,18H2,1-6H3,(H,31,36). The maximum atomic E-state index is 6.34. The Balaban J connectivity index is 1.64. The van der Waals surface area contributed by atoms with Crippen molar-refractivity contribution in [3.63, 3.8) is 0 Å². The number of thiocarbonyl (C=S) groups is 1. The Bertz CT molecular complexity index is 1220. The highest BCUT2D eigenvalue weighted by atomic mass is 32.1. The quantitative estimate of drug-likeness (QED) is 0.356. The topological polar surface area (TPSA) is 43.0 Å². The lowest BCUT2D eigenvalue weighted by molar-refractivity contribution is 0.190. The molecule has 0 aromatic heterocycles. The Labute approximate surface area is 220 Å². The minimum absolute atomic E-state index is 0.0801. The van der Waals surface area contributed by atoms with Gasteiger partial charge in [-0.1, -0.05) is 38.1 Å². The molecule has 0 fully saturated rings.